The fourth-order valence-electron chi connectivity index (χ4n) is 1.54. The molecule has 1 aromatic carbocycles. The Hall–Kier alpha value is -1.64. The Morgan fingerprint density at radius 3 is 2.31 bits per heavy atom. The van der Waals surface area contributed by atoms with Gasteiger partial charge in [-0.2, -0.15) is 5.10 Å². The minimum Gasteiger partial charge on any atom is -0.272 e. The van der Waals surface area contributed by atoms with Crippen molar-refractivity contribution in [1.29, 1.82) is 0 Å². The average molecular weight is 218 g/mol. The number of nitrogens with zero attached hydrogens (tertiary/aromatic N) is 2. The van der Waals surface area contributed by atoms with E-state index in [1.165, 1.54) is 5.01 Å². The molecule has 2 rings (SSSR count). The number of hydrogen-bond donors (Lipinski definition) is 0. The van der Waals surface area contributed by atoms with E-state index in [2.05, 4.69) is 5.10 Å². The summed E-state index contributed by atoms with van der Waals surface area (Å²) in [6.45, 7) is 7.85. The van der Waals surface area contributed by atoms with E-state index in [9.17, 15) is 4.79 Å². The van der Waals surface area contributed by atoms with Gasteiger partial charge in [0.15, 0.2) is 0 Å². The van der Waals surface area contributed by atoms with Crippen molar-refractivity contribution in [2.45, 2.75) is 34.1 Å². The second kappa shape index (κ2) is 5.45. The quantitative estimate of drug-likeness (QED) is 0.712. The van der Waals surface area contributed by atoms with Crippen molar-refractivity contribution in [1.82, 2.24) is 0 Å². The van der Waals surface area contributed by atoms with Crippen molar-refractivity contribution in [3.63, 3.8) is 0 Å². The minimum absolute atomic E-state index is 0.0526. The van der Waals surface area contributed by atoms with Crippen LogP contribution in [-0.2, 0) is 4.79 Å². The van der Waals surface area contributed by atoms with E-state index in [1.807, 2.05) is 52.0 Å². The Labute approximate surface area is 96.8 Å². The number of aryl methyl sites for hydroxylation is 1. The summed E-state index contributed by atoms with van der Waals surface area (Å²) in [4.78, 5) is 11.5. The fraction of sp³-hybridized carbons (Fsp3) is 0.385. The molecular weight excluding hydrogens is 200 g/mol. The van der Waals surface area contributed by atoms with Crippen LogP contribution in [0.2, 0.25) is 0 Å². The molecule has 3 heteroatoms. The van der Waals surface area contributed by atoms with E-state index >= 15 is 0 Å². The van der Waals surface area contributed by atoms with Gasteiger partial charge < -0.3 is 0 Å². The predicted octanol–water partition coefficient (Wildman–Crippen LogP) is 3.13. The van der Waals surface area contributed by atoms with E-state index in [0.717, 1.165) is 17.0 Å². The van der Waals surface area contributed by atoms with Crippen molar-refractivity contribution in [2.75, 3.05) is 5.01 Å². The lowest BCUT2D eigenvalue weighted by molar-refractivity contribution is -0.116. The number of carbonyl (C=O) groups is 1. The molecule has 0 aromatic heterocycles. The summed E-state index contributed by atoms with van der Waals surface area (Å²) in [7, 11) is 0. The number of para-hydroxylation sites is 1. The van der Waals surface area contributed by atoms with Crippen LogP contribution in [0.3, 0.4) is 0 Å². The van der Waals surface area contributed by atoms with E-state index in [4.69, 9.17) is 0 Å². The van der Waals surface area contributed by atoms with Gasteiger partial charge in [-0.3, -0.25) is 4.79 Å². The highest BCUT2D eigenvalue weighted by atomic mass is 16.2. The first-order valence-electron chi connectivity index (χ1n) is 5.61. The zero-order valence-corrected chi connectivity index (χ0v) is 10.3. The summed E-state index contributed by atoms with van der Waals surface area (Å²) in [5.41, 5.74) is 2.83. The molecule has 0 saturated carbocycles. The highest BCUT2D eigenvalue weighted by Crippen LogP contribution is 2.23. The minimum atomic E-state index is 0.0526. The molecule has 0 atom stereocenters. The topological polar surface area (TPSA) is 32.7 Å². The molecule has 0 spiro atoms. The molecule has 3 nitrogen and oxygen atoms in total. The lowest BCUT2D eigenvalue weighted by atomic mass is 10.2. The lowest BCUT2D eigenvalue weighted by Crippen LogP contribution is -2.20. The van der Waals surface area contributed by atoms with Crippen LogP contribution in [0, 0.1) is 6.92 Å². The molecule has 1 aliphatic rings. The van der Waals surface area contributed by atoms with Gasteiger partial charge in [0, 0.05) is 5.71 Å². The van der Waals surface area contributed by atoms with Crippen LogP contribution in [0.25, 0.3) is 0 Å². The van der Waals surface area contributed by atoms with E-state index in [0.29, 0.717) is 6.42 Å². The van der Waals surface area contributed by atoms with Crippen LogP contribution in [0.15, 0.2) is 29.4 Å². The normalized spacial score (nSPS) is 14.4. The maximum Gasteiger partial charge on any atom is 0.253 e. The fourth-order valence-corrected chi connectivity index (χ4v) is 1.54. The molecule has 0 N–H and O–H groups in total. The van der Waals surface area contributed by atoms with Crippen LogP contribution in [-0.4, -0.2) is 11.6 Å². The Balaban J connectivity index is 0.000000606. The number of carbonyl (C=O) groups excluding carboxylic acids is 1. The summed E-state index contributed by atoms with van der Waals surface area (Å²) in [5.74, 6) is 0.0526. The van der Waals surface area contributed by atoms with E-state index in [1.54, 1.807) is 0 Å². The molecule has 0 radical (unpaired) electrons. The molecule has 1 aliphatic heterocycles. The Morgan fingerprint density at radius 2 is 1.81 bits per heavy atom. The Bertz CT molecular complexity index is 410. The van der Waals surface area contributed by atoms with Crippen molar-refractivity contribution >= 4 is 17.3 Å². The van der Waals surface area contributed by atoms with Crippen molar-refractivity contribution < 1.29 is 4.79 Å². The van der Waals surface area contributed by atoms with Crippen molar-refractivity contribution in [3.05, 3.63) is 29.8 Å². The van der Waals surface area contributed by atoms with Gasteiger partial charge in [-0.15, -0.1) is 0 Å². The Kier molecular flexibility index (Phi) is 4.23. The van der Waals surface area contributed by atoms with Crippen LogP contribution in [0.4, 0.5) is 5.69 Å². The molecule has 1 heterocycles. The van der Waals surface area contributed by atoms with Crippen LogP contribution >= 0.6 is 0 Å². The van der Waals surface area contributed by atoms with Gasteiger partial charge in [0.25, 0.3) is 5.91 Å². The first-order chi connectivity index (χ1) is 7.68. The number of rotatable bonds is 1. The van der Waals surface area contributed by atoms with E-state index in [-0.39, 0.29) is 5.91 Å². The summed E-state index contributed by atoms with van der Waals surface area (Å²) in [5, 5.41) is 5.69. The molecule has 0 saturated heterocycles. The monoisotopic (exact) mass is 218 g/mol. The number of hydrazone groups is 1. The molecule has 0 fully saturated rings. The maximum absolute atomic E-state index is 11.5. The zero-order valence-electron chi connectivity index (χ0n) is 10.3. The molecular formula is C13H18N2O. The van der Waals surface area contributed by atoms with Crippen LogP contribution < -0.4 is 5.01 Å². The Morgan fingerprint density at radius 1 is 1.19 bits per heavy atom. The predicted molar refractivity (Wildman–Crippen MR) is 67.7 cm³/mol. The number of anilines is 1. The van der Waals surface area contributed by atoms with Gasteiger partial charge in [-0.05, 0) is 25.5 Å². The standard InChI is InChI=1S/C11H12N2O.C2H6/c1-8-5-3-4-6-10(8)13-11(14)7-9(2)12-13;1-2/h3-6H,7H2,1-2H3;1-2H3. The van der Waals surface area contributed by atoms with Gasteiger partial charge in [0.2, 0.25) is 0 Å². The number of hydrogen-bond acceptors (Lipinski definition) is 2. The highest BCUT2D eigenvalue weighted by molar-refractivity contribution is 6.12. The van der Waals surface area contributed by atoms with Crippen molar-refractivity contribution in [3.8, 4) is 0 Å². The summed E-state index contributed by atoms with van der Waals surface area (Å²) >= 11 is 0. The van der Waals surface area contributed by atoms with Crippen LogP contribution in [0.5, 0.6) is 0 Å². The summed E-state index contributed by atoms with van der Waals surface area (Å²) in [6, 6.07) is 7.76. The average Bonchev–Trinajstić information content (AvgIpc) is 2.61. The lowest BCUT2D eigenvalue weighted by Gasteiger charge is -2.13. The second-order valence-corrected chi connectivity index (χ2v) is 3.50. The highest BCUT2D eigenvalue weighted by Gasteiger charge is 2.23. The number of benzene rings is 1. The molecule has 1 aromatic rings. The first-order valence-corrected chi connectivity index (χ1v) is 5.61. The second-order valence-electron chi connectivity index (χ2n) is 3.50. The molecule has 16 heavy (non-hydrogen) atoms. The molecule has 0 aliphatic carbocycles. The maximum atomic E-state index is 11.5. The summed E-state index contributed by atoms with van der Waals surface area (Å²) in [6.07, 6.45) is 0.439. The smallest absolute Gasteiger partial charge is 0.253 e. The zero-order chi connectivity index (χ0) is 12.1. The number of amides is 1. The first kappa shape index (κ1) is 12.4. The SMILES string of the molecule is CC.CC1=NN(c2ccccc2C)C(=O)C1. The molecule has 1 amide bonds. The third-order valence-corrected chi connectivity index (χ3v) is 2.26. The molecule has 0 unspecified atom stereocenters. The largest absolute Gasteiger partial charge is 0.272 e. The van der Waals surface area contributed by atoms with E-state index < -0.39 is 0 Å². The van der Waals surface area contributed by atoms with Gasteiger partial charge in [0.05, 0.1) is 12.1 Å². The third-order valence-electron chi connectivity index (χ3n) is 2.26. The van der Waals surface area contributed by atoms with Crippen LogP contribution in [0.1, 0.15) is 32.8 Å². The molecule has 0 bridgehead atoms. The van der Waals surface area contributed by atoms with Gasteiger partial charge in [-0.25, -0.2) is 5.01 Å². The van der Waals surface area contributed by atoms with Gasteiger partial charge in [0.1, 0.15) is 0 Å². The summed E-state index contributed by atoms with van der Waals surface area (Å²) < 4.78 is 0. The van der Waals surface area contributed by atoms with Gasteiger partial charge >= 0.3 is 0 Å². The van der Waals surface area contributed by atoms with Gasteiger partial charge in [-0.1, -0.05) is 32.0 Å². The molecule has 86 valence electrons. The third kappa shape index (κ3) is 2.48. The van der Waals surface area contributed by atoms with Crippen molar-refractivity contribution in [2.24, 2.45) is 5.10 Å².